The third kappa shape index (κ3) is 5.97. The van der Waals surface area contributed by atoms with Gasteiger partial charge in [-0.1, -0.05) is 31.0 Å². The zero-order valence-corrected chi connectivity index (χ0v) is 18.8. The smallest absolute Gasteiger partial charge is 0.317 e. The predicted octanol–water partition coefficient (Wildman–Crippen LogP) is 0.303. The molecule has 2 saturated heterocycles. The highest BCUT2D eigenvalue weighted by Crippen LogP contribution is 2.37. The number of benzene rings is 1. The van der Waals surface area contributed by atoms with E-state index in [9.17, 15) is 22.6 Å². The van der Waals surface area contributed by atoms with Gasteiger partial charge in [0.05, 0.1) is 6.67 Å². The lowest BCUT2D eigenvalue weighted by molar-refractivity contribution is -0.134. The van der Waals surface area contributed by atoms with Crippen LogP contribution in [0.2, 0.25) is 0 Å². The highest BCUT2D eigenvalue weighted by Gasteiger charge is 2.50. The van der Waals surface area contributed by atoms with E-state index in [2.05, 4.69) is 27.2 Å². The molecule has 1 saturated carbocycles. The Morgan fingerprint density at radius 1 is 1.12 bits per heavy atom. The standard InChI is InChI=1S/C19H28N4O.C2H4O5S/c20-18(8-4-5-9-18)14-22-12-10-19(11-13-22)17(24)21-15-23(19)16-6-2-1-3-7-16;3-2(4)1-8(5,6)7/h1-3,6-7H,4-5,8-15,20H2,(H,21,24);1H2,(H,3,4)(H,5,6,7)/p-1. The van der Waals surface area contributed by atoms with Crippen molar-refractivity contribution in [3.63, 3.8) is 0 Å². The lowest BCUT2D eigenvalue weighted by Gasteiger charge is -2.45. The number of carboxylic acids is 1. The number of carboxylic acid groups (broad SMARTS) is 1. The molecule has 0 unspecified atom stereocenters. The van der Waals surface area contributed by atoms with Gasteiger partial charge in [-0.25, -0.2) is 8.42 Å². The van der Waals surface area contributed by atoms with Crippen LogP contribution in [0.1, 0.15) is 38.5 Å². The van der Waals surface area contributed by atoms with Crippen LogP contribution in [0.25, 0.3) is 0 Å². The number of piperidine rings is 1. The fraction of sp³-hybridized carbons (Fsp3) is 0.619. The minimum atomic E-state index is -4.57. The molecule has 1 aromatic rings. The summed E-state index contributed by atoms with van der Waals surface area (Å²) in [6, 6.07) is 10.3. The summed E-state index contributed by atoms with van der Waals surface area (Å²) in [4.78, 5) is 26.8. The number of hydrogen-bond acceptors (Lipinski definition) is 8. The van der Waals surface area contributed by atoms with E-state index in [1.54, 1.807) is 0 Å². The fourth-order valence-electron chi connectivity index (χ4n) is 4.95. The summed E-state index contributed by atoms with van der Waals surface area (Å²) in [5, 5.41) is 10.7. The molecule has 2 heterocycles. The van der Waals surface area contributed by atoms with Crippen LogP contribution >= 0.6 is 0 Å². The minimum Gasteiger partial charge on any atom is -0.748 e. The quantitative estimate of drug-likeness (QED) is 0.518. The molecule has 4 N–H and O–H groups in total. The van der Waals surface area contributed by atoms with Crippen molar-refractivity contribution in [3.05, 3.63) is 30.3 Å². The Hall–Kier alpha value is -2.21. The Balaban J connectivity index is 0.000000312. The Labute approximate surface area is 188 Å². The molecule has 11 heteroatoms. The molecule has 2 aliphatic heterocycles. The van der Waals surface area contributed by atoms with Crippen molar-refractivity contribution in [1.29, 1.82) is 0 Å². The van der Waals surface area contributed by atoms with Crippen molar-refractivity contribution in [2.24, 2.45) is 5.73 Å². The summed E-state index contributed by atoms with van der Waals surface area (Å²) in [5.74, 6) is -2.78. The first-order valence-corrected chi connectivity index (χ1v) is 12.4. The summed E-state index contributed by atoms with van der Waals surface area (Å²) in [6.45, 7) is 3.51. The van der Waals surface area contributed by atoms with Gasteiger partial charge in [-0.3, -0.25) is 9.59 Å². The Morgan fingerprint density at radius 2 is 1.72 bits per heavy atom. The molecule has 0 aromatic heterocycles. The molecule has 1 amide bonds. The van der Waals surface area contributed by atoms with Crippen LogP contribution in [0, 0.1) is 0 Å². The maximum atomic E-state index is 12.7. The normalized spacial score (nSPS) is 22.3. The van der Waals surface area contributed by atoms with Gasteiger partial charge in [0.15, 0.2) is 0 Å². The van der Waals surface area contributed by atoms with E-state index in [1.807, 2.05) is 18.2 Å². The van der Waals surface area contributed by atoms with Crippen molar-refractivity contribution in [2.75, 3.05) is 37.0 Å². The maximum absolute atomic E-state index is 12.7. The number of carbonyl (C=O) groups is 2. The van der Waals surface area contributed by atoms with Gasteiger partial charge < -0.3 is 30.5 Å². The third-order valence-electron chi connectivity index (χ3n) is 6.53. The molecule has 0 bridgehead atoms. The van der Waals surface area contributed by atoms with Crippen LogP contribution in [0.15, 0.2) is 30.3 Å². The van der Waals surface area contributed by atoms with Gasteiger partial charge in [-0.2, -0.15) is 0 Å². The average molecular weight is 468 g/mol. The number of nitrogens with zero attached hydrogens (tertiary/aromatic N) is 2. The number of nitrogens with one attached hydrogen (secondary N) is 1. The molecular weight excluding hydrogens is 436 g/mol. The summed E-state index contributed by atoms with van der Waals surface area (Å²) < 4.78 is 28.5. The van der Waals surface area contributed by atoms with Gasteiger partial charge in [-0.05, 0) is 37.8 Å². The van der Waals surface area contributed by atoms with Crippen LogP contribution in [-0.2, 0) is 19.7 Å². The summed E-state index contributed by atoms with van der Waals surface area (Å²) in [6.07, 6.45) is 6.57. The molecule has 3 fully saturated rings. The minimum absolute atomic E-state index is 0.00154. The van der Waals surface area contributed by atoms with E-state index < -0.39 is 21.8 Å². The van der Waals surface area contributed by atoms with Crippen molar-refractivity contribution in [1.82, 2.24) is 10.2 Å². The first kappa shape index (κ1) is 24.4. The van der Waals surface area contributed by atoms with Crippen LogP contribution < -0.4 is 16.0 Å². The highest BCUT2D eigenvalue weighted by molar-refractivity contribution is 7.86. The third-order valence-corrected chi connectivity index (χ3v) is 7.13. The second kappa shape index (κ2) is 9.74. The second-order valence-electron chi connectivity index (χ2n) is 8.90. The summed E-state index contributed by atoms with van der Waals surface area (Å²) in [5.41, 5.74) is 7.31. The van der Waals surface area contributed by atoms with Gasteiger partial charge in [0.1, 0.15) is 21.4 Å². The van der Waals surface area contributed by atoms with E-state index in [4.69, 9.17) is 10.8 Å². The predicted molar refractivity (Wildman–Crippen MR) is 118 cm³/mol. The van der Waals surface area contributed by atoms with Crippen LogP contribution in [-0.4, -0.2) is 78.0 Å². The number of carbonyl (C=O) groups excluding carboxylic acids is 1. The van der Waals surface area contributed by atoms with Crippen molar-refractivity contribution < 1.29 is 27.7 Å². The topological polar surface area (TPSA) is 156 Å². The van der Waals surface area contributed by atoms with E-state index in [-0.39, 0.29) is 17.0 Å². The number of hydrogen-bond donors (Lipinski definition) is 3. The van der Waals surface area contributed by atoms with Crippen molar-refractivity contribution >= 4 is 27.7 Å². The van der Waals surface area contributed by atoms with E-state index >= 15 is 0 Å². The molecule has 32 heavy (non-hydrogen) atoms. The molecule has 3 aliphatic rings. The molecule has 1 aliphatic carbocycles. The monoisotopic (exact) mass is 467 g/mol. The van der Waals surface area contributed by atoms with Gasteiger partial charge >= 0.3 is 5.97 Å². The van der Waals surface area contributed by atoms with Gasteiger partial charge in [-0.15, -0.1) is 0 Å². The van der Waals surface area contributed by atoms with Crippen LogP contribution in [0.4, 0.5) is 5.69 Å². The SMILES string of the molecule is NC1(CN2CCC3(CC2)C(=O)NCN3c2ccccc2)CCCC1.O=C(O)CS(=O)(=O)[O-]. The molecule has 0 atom stereocenters. The molecule has 0 radical (unpaired) electrons. The average Bonchev–Trinajstić information content (AvgIpc) is 3.27. The van der Waals surface area contributed by atoms with E-state index in [0.717, 1.165) is 51.0 Å². The maximum Gasteiger partial charge on any atom is 0.317 e. The van der Waals surface area contributed by atoms with Crippen molar-refractivity contribution in [3.8, 4) is 0 Å². The van der Waals surface area contributed by atoms with Crippen molar-refractivity contribution in [2.45, 2.75) is 49.6 Å². The number of nitrogens with two attached hydrogens (primary N) is 1. The van der Waals surface area contributed by atoms with Gasteiger partial charge in [0.2, 0.25) is 5.91 Å². The Bertz CT molecular complexity index is 909. The number of amides is 1. The summed E-state index contributed by atoms with van der Waals surface area (Å²) in [7, 11) is -4.57. The van der Waals surface area contributed by atoms with Crippen LogP contribution in [0.5, 0.6) is 0 Å². The van der Waals surface area contributed by atoms with E-state index in [0.29, 0.717) is 6.67 Å². The second-order valence-corrected chi connectivity index (χ2v) is 10.3. The zero-order chi connectivity index (χ0) is 23.4. The molecule has 1 spiro atoms. The fourth-order valence-corrected chi connectivity index (χ4v) is 5.25. The van der Waals surface area contributed by atoms with E-state index in [1.165, 1.54) is 12.8 Å². The number of rotatable bonds is 5. The number of para-hydroxylation sites is 1. The number of aliphatic carboxylic acids is 1. The molecule has 178 valence electrons. The molecule has 4 rings (SSSR count). The highest BCUT2D eigenvalue weighted by atomic mass is 32.2. The lowest BCUT2D eigenvalue weighted by Crippen LogP contribution is -2.59. The van der Waals surface area contributed by atoms with Crippen LogP contribution in [0.3, 0.4) is 0 Å². The first-order chi connectivity index (χ1) is 15.0. The Morgan fingerprint density at radius 3 is 2.22 bits per heavy atom. The summed E-state index contributed by atoms with van der Waals surface area (Å²) >= 11 is 0. The molecule has 10 nitrogen and oxygen atoms in total. The molecule has 1 aromatic carbocycles. The first-order valence-electron chi connectivity index (χ1n) is 10.8. The zero-order valence-electron chi connectivity index (χ0n) is 18.0. The lowest BCUT2D eigenvalue weighted by atomic mass is 9.84. The largest absolute Gasteiger partial charge is 0.748 e. The Kier molecular flexibility index (Phi) is 7.43. The molecular formula is C21H31N4O6S-. The number of likely N-dealkylation sites (tertiary alicyclic amines) is 1. The number of anilines is 1. The van der Waals surface area contributed by atoms with Gasteiger partial charge in [0, 0.05) is 30.9 Å². The van der Waals surface area contributed by atoms with Gasteiger partial charge in [0.25, 0.3) is 0 Å².